The molecule has 1 unspecified atom stereocenters. The quantitative estimate of drug-likeness (QED) is 0.395. The molecule has 1 rings (SSSR count). The predicted molar refractivity (Wildman–Crippen MR) is 90.8 cm³/mol. The molecule has 0 aromatic rings. The molecule has 0 radical (unpaired) electrons. The molecule has 1 aliphatic rings. The van der Waals surface area contributed by atoms with Crippen LogP contribution in [-0.2, 0) is 0 Å². The van der Waals surface area contributed by atoms with Gasteiger partial charge in [0.15, 0.2) is 0 Å². The third kappa shape index (κ3) is 8.82. The highest BCUT2D eigenvalue weighted by atomic mass is 16.3. The molecule has 0 spiro atoms. The number of allylic oxidation sites excluding steroid dienone is 2. The molecule has 0 saturated heterocycles. The number of rotatable bonds is 13. The van der Waals surface area contributed by atoms with Crippen molar-refractivity contribution < 1.29 is 5.11 Å². The fraction of sp³-hybridized carbons (Fsp3) is 0.778. The molecule has 0 amide bonds. The lowest BCUT2D eigenvalue weighted by atomic mass is 10.1. The van der Waals surface area contributed by atoms with Gasteiger partial charge < -0.3 is 15.3 Å². The normalized spacial score (nSPS) is 17.8. The van der Waals surface area contributed by atoms with Gasteiger partial charge in [0.2, 0.25) is 0 Å². The van der Waals surface area contributed by atoms with Gasteiger partial charge >= 0.3 is 0 Å². The summed E-state index contributed by atoms with van der Waals surface area (Å²) in [5, 5.41) is 12.4. The lowest BCUT2D eigenvalue weighted by Gasteiger charge is -2.24. The number of hydrogen-bond donors (Lipinski definition) is 2. The van der Waals surface area contributed by atoms with E-state index < -0.39 is 0 Å². The van der Waals surface area contributed by atoms with Crippen molar-refractivity contribution in [2.45, 2.75) is 77.3 Å². The second-order valence-electron chi connectivity index (χ2n) is 5.93. The summed E-state index contributed by atoms with van der Waals surface area (Å²) in [4.78, 5) is 2.20. The molecule has 0 aromatic heterocycles. The maximum atomic E-state index is 9.00. The minimum absolute atomic E-state index is 0.233. The fourth-order valence-electron chi connectivity index (χ4n) is 2.87. The molecule has 122 valence electrons. The summed E-state index contributed by atoms with van der Waals surface area (Å²) >= 11 is 0. The maximum Gasteiger partial charge on any atom is 0.0982 e. The van der Waals surface area contributed by atoms with Crippen molar-refractivity contribution in [3.63, 3.8) is 0 Å². The van der Waals surface area contributed by atoms with Crippen LogP contribution in [0.2, 0.25) is 0 Å². The van der Waals surface area contributed by atoms with Gasteiger partial charge in [-0.15, -0.1) is 0 Å². The van der Waals surface area contributed by atoms with Gasteiger partial charge in [0, 0.05) is 18.9 Å². The Kier molecular flexibility index (Phi) is 11.0. The van der Waals surface area contributed by atoms with Crippen LogP contribution >= 0.6 is 0 Å². The van der Waals surface area contributed by atoms with Gasteiger partial charge in [-0.3, -0.25) is 0 Å². The summed E-state index contributed by atoms with van der Waals surface area (Å²) in [7, 11) is 0. The Hall–Kier alpha value is -0.960. The van der Waals surface area contributed by atoms with Crippen LogP contribution in [0.15, 0.2) is 24.6 Å². The first kappa shape index (κ1) is 18.1. The highest BCUT2D eigenvalue weighted by Gasteiger charge is 2.16. The van der Waals surface area contributed by atoms with Crippen LogP contribution in [0.3, 0.4) is 0 Å². The molecule has 0 saturated carbocycles. The zero-order valence-electron chi connectivity index (χ0n) is 13.8. The molecule has 21 heavy (non-hydrogen) atoms. The predicted octanol–water partition coefficient (Wildman–Crippen LogP) is 4.16. The average molecular weight is 294 g/mol. The third-order valence-electron chi connectivity index (χ3n) is 4.15. The second-order valence-corrected chi connectivity index (χ2v) is 5.93. The molecule has 0 fully saturated rings. The summed E-state index contributed by atoms with van der Waals surface area (Å²) in [5.74, 6) is 0. The summed E-state index contributed by atoms with van der Waals surface area (Å²) in [6, 6.07) is 0. The van der Waals surface area contributed by atoms with E-state index in [0.717, 1.165) is 6.54 Å². The van der Waals surface area contributed by atoms with Crippen molar-refractivity contribution in [3.05, 3.63) is 24.6 Å². The molecule has 0 aliphatic carbocycles. The van der Waals surface area contributed by atoms with E-state index in [-0.39, 0.29) is 6.61 Å². The van der Waals surface area contributed by atoms with Gasteiger partial charge in [0.05, 0.1) is 12.8 Å². The van der Waals surface area contributed by atoms with E-state index in [1.54, 1.807) is 0 Å². The van der Waals surface area contributed by atoms with E-state index in [1.807, 2.05) is 6.20 Å². The van der Waals surface area contributed by atoms with Crippen molar-refractivity contribution in [2.75, 3.05) is 13.2 Å². The van der Waals surface area contributed by atoms with Crippen molar-refractivity contribution in [1.82, 2.24) is 10.2 Å². The van der Waals surface area contributed by atoms with Crippen molar-refractivity contribution in [2.24, 2.45) is 0 Å². The van der Waals surface area contributed by atoms with Crippen LogP contribution in [0.4, 0.5) is 0 Å². The minimum atomic E-state index is 0.233. The lowest BCUT2D eigenvalue weighted by Crippen LogP contribution is -2.36. The molecule has 2 N–H and O–H groups in total. The topological polar surface area (TPSA) is 35.5 Å². The van der Waals surface area contributed by atoms with Gasteiger partial charge in [-0.05, 0) is 32.6 Å². The number of aliphatic hydroxyl groups is 1. The highest BCUT2D eigenvalue weighted by molar-refractivity contribution is 4.93. The van der Waals surface area contributed by atoms with Crippen LogP contribution in [0.1, 0.15) is 71.1 Å². The van der Waals surface area contributed by atoms with Gasteiger partial charge in [-0.1, -0.05) is 50.7 Å². The second kappa shape index (κ2) is 12.8. The maximum absolute atomic E-state index is 9.00. The Morgan fingerprint density at radius 3 is 2.38 bits per heavy atom. The Morgan fingerprint density at radius 1 is 1.05 bits per heavy atom. The molecule has 1 atom stereocenters. The highest BCUT2D eigenvalue weighted by Crippen LogP contribution is 2.14. The van der Waals surface area contributed by atoms with Crippen LogP contribution in [-0.4, -0.2) is 29.3 Å². The fourth-order valence-corrected chi connectivity index (χ4v) is 2.87. The summed E-state index contributed by atoms with van der Waals surface area (Å²) in [5.41, 5.74) is 0. The van der Waals surface area contributed by atoms with Gasteiger partial charge in [-0.25, -0.2) is 0 Å². The first-order chi connectivity index (χ1) is 10.4. The first-order valence-corrected chi connectivity index (χ1v) is 8.79. The van der Waals surface area contributed by atoms with E-state index in [2.05, 4.69) is 35.5 Å². The van der Waals surface area contributed by atoms with Gasteiger partial charge in [0.1, 0.15) is 0 Å². The minimum Gasteiger partial charge on any atom is -0.395 e. The number of β-amino-alcohol motifs (C(OH)–C–C–N with tert-alkyl or cyclic N) is 1. The molecule has 3 heteroatoms. The summed E-state index contributed by atoms with van der Waals surface area (Å²) < 4.78 is 0. The molecule has 3 nitrogen and oxygen atoms in total. The number of hydrogen-bond acceptors (Lipinski definition) is 3. The molecular weight excluding hydrogens is 260 g/mol. The van der Waals surface area contributed by atoms with E-state index >= 15 is 0 Å². The largest absolute Gasteiger partial charge is 0.395 e. The molecular formula is C18H34N2O. The Morgan fingerprint density at radius 2 is 1.71 bits per heavy atom. The Labute approximate surface area is 131 Å². The first-order valence-electron chi connectivity index (χ1n) is 8.79. The van der Waals surface area contributed by atoms with Crippen molar-refractivity contribution in [1.29, 1.82) is 0 Å². The summed E-state index contributed by atoms with van der Waals surface area (Å²) in [6.45, 7) is 3.07. The molecule has 0 aromatic carbocycles. The monoisotopic (exact) mass is 294 g/mol. The van der Waals surface area contributed by atoms with Gasteiger partial charge in [0.25, 0.3) is 0 Å². The van der Waals surface area contributed by atoms with E-state index in [0.29, 0.717) is 6.17 Å². The lowest BCUT2D eigenvalue weighted by molar-refractivity contribution is 0.194. The molecule has 1 aliphatic heterocycles. The molecule has 1 heterocycles. The van der Waals surface area contributed by atoms with Crippen molar-refractivity contribution in [3.8, 4) is 0 Å². The number of aliphatic hydroxyl groups excluding tert-OH is 1. The number of unbranched alkanes of at least 4 members (excludes halogenated alkanes) is 8. The van der Waals surface area contributed by atoms with Crippen molar-refractivity contribution >= 4 is 0 Å². The van der Waals surface area contributed by atoms with Gasteiger partial charge in [-0.2, -0.15) is 0 Å². The third-order valence-corrected chi connectivity index (χ3v) is 4.15. The Bertz CT molecular complexity index is 289. The smallest absolute Gasteiger partial charge is 0.0982 e. The average Bonchev–Trinajstić information content (AvgIpc) is 2.92. The molecule has 0 bridgehead atoms. The van der Waals surface area contributed by atoms with E-state index in [9.17, 15) is 0 Å². The number of nitrogens with zero attached hydrogens (tertiary/aromatic N) is 1. The van der Waals surface area contributed by atoms with Crippen LogP contribution in [0.25, 0.3) is 0 Å². The number of nitrogens with one attached hydrogen (secondary N) is 1. The van der Waals surface area contributed by atoms with E-state index in [4.69, 9.17) is 5.11 Å². The Balaban J connectivity index is 1.84. The van der Waals surface area contributed by atoms with Crippen LogP contribution in [0, 0.1) is 0 Å². The zero-order chi connectivity index (χ0) is 15.2. The summed E-state index contributed by atoms with van der Waals surface area (Å²) in [6.07, 6.45) is 22.2. The van der Waals surface area contributed by atoms with E-state index in [1.165, 1.54) is 64.2 Å². The van der Waals surface area contributed by atoms with Crippen LogP contribution in [0.5, 0.6) is 0 Å². The SMILES string of the molecule is C/C=C/CCCCCCCCCCC1NC=CN1CCO. The zero-order valence-corrected chi connectivity index (χ0v) is 13.8. The standard InChI is InChI=1S/C18H34N2O/c1-2-3-4-5-6-7-8-9-10-11-12-13-18-19-14-15-20(18)16-17-21/h2-3,14-15,18-19,21H,4-13,16-17H2,1H3/b3-2+. The van der Waals surface area contributed by atoms with Crippen LogP contribution < -0.4 is 5.32 Å².